The molecule has 3 nitrogen and oxygen atoms in total. The van der Waals surface area contributed by atoms with Gasteiger partial charge in [-0.2, -0.15) is 0 Å². The van der Waals surface area contributed by atoms with E-state index >= 15 is 0 Å². The van der Waals surface area contributed by atoms with E-state index in [-0.39, 0.29) is 5.92 Å². The van der Waals surface area contributed by atoms with Crippen LogP contribution in [-0.4, -0.2) is 21.8 Å². The van der Waals surface area contributed by atoms with Crippen molar-refractivity contribution >= 4 is 5.97 Å². The fourth-order valence-corrected chi connectivity index (χ4v) is 2.45. The number of hydrogen-bond donors (Lipinski definition) is 2. The Kier molecular flexibility index (Phi) is 5.15. The van der Waals surface area contributed by atoms with Gasteiger partial charge in [-0.1, -0.05) is 17.7 Å². The first kappa shape index (κ1) is 15.0. The molecule has 0 aliphatic heterocycles. The number of aliphatic carboxylic acids is 1. The lowest BCUT2D eigenvalue weighted by atomic mass is 9.76. The van der Waals surface area contributed by atoms with Gasteiger partial charge in [-0.3, -0.25) is 0 Å². The molecule has 0 aromatic heterocycles. The molecule has 0 saturated heterocycles. The highest BCUT2D eigenvalue weighted by Crippen LogP contribution is 2.34. The Bertz CT molecular complexity index is 360. The molecule has 102 valence electrons. The van der Waals surface area contributed by atoms with E-state index in [1.807, 2.05) is 6.92 Å². The van der Waals surface area contributed by atoms with Crippen LogP contribution in [-0.2, 0) is 4.79 Å². The molecular weight excluding hydrogens is 228 g/mol. The Morgan fingerprint density at radius 1 is 1.56 bits per heavy atom. The first-order chi connectivity index (χ1) is 8.33. The van der Waals surface area contributed by atoms with Gasteiger partial charge in [0.15, 0.2) is 0 Å². The average Bonchev–Trinajstić information content (AvgIpc) is 2.28. The van der Waals surface area contributed by atoms with E-state index in [2.05, 4.69) is 19.9 Å². The predicted molar refractivity (Wildman–Crippen MR) is 72.3 cm³/mol. The molecule has 3 heteroatoms. The molecule has 0 amide bonds. The summed E-state index contributed by atoms with van der Waals surface area (Å²) in [6.07, 6.45) is 7.52. The molecule has 0 fully saturated rings. The Morgan fingerprint density at radius 2 is 2.22 bits per heavy atom. The first-order valence-corrected chi connectivity index (χ1v) is 6.61. The zero-order chi connectivity index (χ0) is 13.8. The maximum absolute atomic E-state index is 10.8. The van der Waals surface area contributed by atoms with Crippen LogP contribution in [0.1, 0.15) is 52.9 Å². The quantitative estimate of drug-likeness (QED) is 0.738. The van der Waals surface area contributed by atoms with Gasteiger partial charge in [0.05, 0.1) is 5.60 Å². The summed E-state index contributed by atoms with van der Waals surface area (Å²) in [7, 11) is 0. The summed E-state index contributed by atoms with van der Waals surface area (Å²) in [6.45, 7) is 5.98. The number of hydrogen-bond acceptors (Lipinski definition) is 2. The molecule has 1 aliphatic carbocycles. The summed E-state index contributed by atoms with van der Waals surface area (Å²) in [6, 6.07) is 0. The van der Waals surface area contributed by atoms with Gasteiger partial charge >= 0.3 is 5.97 Å². The summed E-state index contributed by atoms with van der Waals surface area (Å²) in [5.74, 6) is -0.649. The Labute approximate surface area is 109 Å². The molecule has 0 aromatic carbocycles. The minimum absolute atomic E-state index is 0.172. The molecule has 0 unspecified atom stereocenters. The van der Waals surface area contributed by atoms with Crippen molar-refractivity contribution in [2.75, 3.05) is 0 Å². The van der Waals surface area contributed by atoms with Crippen molar-refractivity contribution < 1.29 is 15.0 Å². The van der Waals surface area contributed by atoms with Crippen molar-refractivity contribution in [3.63, 3.8) is 0 Å². The lowest BCUT2D eigenvalue weighted by molar-refractivity contribution is -0.133. The number of carboxylic acids is 1. The number of carboxylic acid groups (broad SMARTS) is 1. The van der Waals surface area contributed by atoms with Crippen LogP contribution < -0.4 is 0 Å². The van der Waals surface area contributed by atoms with Crippen LogP contribution in [0.2, 0.25) is 0 Å². The van der Waals surface area contributed by atoms with Crippen LogP contribution in [0.3, 0.4) is 0 Å². The molecule has 0 radical (unpaired) electrons. The van der Waals surface area contributed by atoms with Gasteiger partial charge in [-0.05, 0) is 58.8 Å². The lowest BCUT2D eigenvalue weighted by Crippen LogP contribution is -2.35. The van der Waals surface area contributed by atoms with E-state index < -0.39 is 11.6 Å². The highest BCUT2D eigenvalue weighted by Gasteiger charge is 2.32. The van der Waals surface area contributed by atoms with Gasteiger partial charge in [0.1, 0.15) is 0 Å². The van der Waals surface area contributed by atoms with Crippen molar-refractivity contribution in [1.82, 2.24) is 0 Å². The van der Waals surface area contributed by atoms with Crippen molar-refractivity contribution in [3.05, 3.63) is 23.3 Å². The largest absolute Gasteiger partial charge is 0.478 e. The molecule has 0 heterocycles. The van der Waals surface area contributed by atoms with Gasteiger partial charge in [0.25, 0.3) is 0 Å². The molecule has 2 N–H and O–H groups in total. The van der Waals surface area contributed by atoms with Gasteiger partial charge in [-0.15, -0.1) is 0 Å². The van der Waals surface area contributed by atoms with E-state index in [4.69, 9.17) is 5.11 Å². The van der Waals surface area contributed by atoms with Crippen LogP contribution in [0.4, 0.5) is 0 Å². The number of rotatable bonds is 5. The Morgan fingerprint density at radius 3 is 2.67 bits per heavy atom. The highest BCUT2D eigenvalue weighted by atomic mass is 16.4. The monoisotopic (exact) mass is 252 g/mol. The lowest BCUT2D eigenvalue weighted by Gasteiger charge is -2.34. The molecular formula is C15H24O3. The van der Waals surface area contributed by atoms with Crippen molar-refractivity contribution in [2.45, 2.75) is 58.5 Å². The molecule has 0 saturated carbocycles. The summed E-state index contributed by atoms with van der Waals surface area (Å²) in [5.41, 5.74) is 1.06. The van der Waals surface area contributed by atoms with E-state index in [1.54, 1.807) is 6.08 Å². The first-order valence-electron chi connectivity index (χ1n) is 6.61. The third-order valence-electron chi connectivity index (χ3n) is 3.77. The molecule has 2 atom stereocenters. The van der Waals surface area contributed by atoms with E-state index in [0.29, 0.717) is 18.4 Å². The van der Waals surface area contributed by atoms with Gasteiger partial charge < -0.3 is 10.2 Å². The summed E-state index contributed by atoms with van der Waals surface area (Å²) < 4.78 is 0. The van der Waals surface area contributed by atoms with Gasteiger partial charge in [-0.25, -0.2) is 4.79 Å². The smallest absolute Gasteiger partial charge is 0.331 e. The minimum Gasteiger partial charge on any atom is -0.478 e. The molecule has 0 aromatic rings. The van der Waals surface area contributed by atoms with E-state index in [1.165, 1.54) is 5.57 Å². The fraction of sp³-hybridized carbons (Fsp3) is 0.667. The van der Waals surface area contributed by atoms with Crippen LogP contribution in [0.5, 0.6) is 0 Å². The molecule has 0 spiro atoms. The molecule has 1 aliphatic rings. The SMILES string of the molecule is CC(C)=CCC[C@](C)(O)[C@H]1CC=C(C(=O)O)CC1. The van der Waals surface area contributed by atoms with E-state index in [0.717, 1.165) is 19.3 Å². The second-order valence-electron chi connectivity index (χ2n) is 5.68. The van der Waals surface area contributed by atoms with Gasteiger partial charge in [0.2, 0.25) is 0 Å². The second kappa shape index (κ2) is 6.19. The predicted octanol–water partition coefficient (Wildman–Crippen LogP) is 3.29. The van der Waals surface area contributed by atoms with Crippen molar-refractivity contribution in [1.29, 1.82) is 0 Å². The third kappa shape index (κ3) is 4.30. The van der Waals surface area contributed by atoms with Crippen LogP contribution in [0, 0.1) is 5.92 Å². The molecule has 0 bridgehead atoms. The average molecular weight is 252 g/mol. The molecule has 18 heavy (non-hydrogen) atoms. The number of aliphatic hydroxyl groups is 1. The van der Waals surface area contributed by atoms with Crippen molar-refractivity contribution in [2.24, 2.45) is 5.92 Å². The highest BCUT2D eigenvalue weighted by molar-refractivity contribution is 5.86. The van der Waals surface area contributed by atoms with Crippen LogP contribution in [0.15, 0.2) is 23.3 Å². The third-order valence-corrected chi connectivity index (χ3v) is 3.77. The summed E-state index contributed by atoms with van der Waals surface area (Å²) >= 11 is 0. The standard InChI is InChI=1S/C15H24O3/c1-11(2)5-4-10-15(3,18)13-8-6-12(7-9-13)14(16)17/h5-6,13,18H,4,7-10H2,1-3H3,(H,16,17)/t13-,15-/m0/s1. The van der Waals surface area contributed by atoms with Crippen molar-refractivity contribution in [3.8, 4) is 0 Å². The second-order valence-corrected chi connectivity index (χ2v) is 5.68. The van der Waals surface area contributed by atoms with E-state index in [9.17, 15) is 9.90 Å². The fourth-order valence-electron chi connectivity index (χ4n) is 2.45. The Balaban J connectivity index is 2.54. The number of allylic oxidation sites excluding steroid dienone is 3. The number of carbonyl (C=O) groups is 1. The van der Waals surface area contributed by atoms with Gasteiger partial charge in [0, 0.05) is 5.57 Å². The minimum atomic E-state index is -0.822. The van der Waals surface area contributed by atoms with Crippen LogP contribution in [0.25, 0.3) is 0 Å². The van der Waals surface area contributed by atoms with Crippen LogP contribution >= 0.6 is 0 Å². The Hall–Kier alpha value is -1.09. The zero-order valence-electron chi connectivity index (χ0n) is 11.6. The normalized spacial score (nSPS) is 22.9. The summed E-state index contributed by atoms with van der Waals surface area (Å²) in [4.78, 5) is 10.8. The maximum atomic E-state index is 10.8. The maximum Gasteiger partial charge on any atom is 0.331 e. The molecule has 1 rings (SSSR count). The topological polar surface area (TPSA) is 57.5 Å². The summed E-state index contributed by atoms with van der Waals surface area (Å²) in [5, 5.41) is 19.4. The zero-order valence-corrected chi connectivity index (χ0v) is 11.6.